The largest absolute Gasteiger partial charge is 0.313 e. The summed E-state index contributed by atoms with van der Waals surface area (Å²) >= 11 is 1.74. The minimum atomic E-state index is 0.116. The SMILES string of the molecule is Cc1ccc(C)c(N(CC(=O)c2ccccc2)C2=NCCCS2)c1. The molecule has 0 bridgehead atoms. The van der Waals surface area contributed by atoms with Crippen LogP contribution in [-0.2, 0) is 0 Å². The summed E-state index contributed by atoms with van der Waals surface area (Å²) in [4.78, 5) is 19.5. The van der Waals surface area contributed by atoms with Gasteiger partial charge in [0, 0.05) is 23.5 Å². The van der Waals surface area contributed by atoms with Gasteiger partial charge in [-0.3, -0.25) is 9.79 Å². The van der Waals surface area contributed by atoms with Crippen molar-refractivity contribution in [3.05, 3.63) is 65.2 Å². The van der Waals surface area contributed by atoms with E-state index < -0.39 is 0 Å². The van der Waals surface area contributed by atoms with Gasteiger partial charge in [-0.2, -0.15) is 0 Å². The topological polar surface area (TPSA) is 32.7 Å². The third-order valence-corrected chi connectivity index (χ3v) is 5.16. The van der Waals surface area contributed by atoms with Crippen LogP contribution in [0.1, 0.15) is 27.9 Å². The van der Waals surface area contributed by atoms with Crippen molar-refractivity contribution in [3.63, 3.8) is 0 Å². The zero-order chi connectivity index (χ0) is 16.9. The average Bonchev–Trinajstić information content (AvgIpc) is 2.63. The van der Waals surface area contributed by atoms with Gasteiger partial charge in [-0.15, -0.1) is 0 Å². The number of carbonyl (C=O) groups is 1. The van der Waals surface area contributed by atoms with Gasteiger partial charge in [-0.05, 0) is 37.5 Å². The average molecular weight is 338 g/mol. The summed E-state index contributed by atoms with van der Waals surface area (Å²) in [5.74, 6) is 1.17. The van der Waals surface area contributed by atoms with Crippen LogP contribution in [0.3, 0.4) is 0 Å². The molecule has 0 aromatic heterocycles. The van der Waals surface area contributed by atoms with Crippen molar-refractivity contribution in [1.29, 1.82) is 0 Å². The van der Waals surface area contributed by atoms with E-state index in [-0.39, 0.29) is 5.78 Å². The quantitative estimate of drug-likeness (QED) is 0.770. The highest BCUT2D eigenvalue weighted by atomic mass is 32.2. The van der Waals surface area contributed by atoms with Crippen LogP contribution in [0.25, 0.3) is 0 Å². The molecule has 124 valence electrons. The van der Waals surface area contributed by atoms with E-state index in [2.05, 4.69) is 41.9 Å². The Hall–Kier alpha value is -2.07. The molecule has 0 spiro atoms. The number of rotatable bonds is 4. The minimum Gasteiger partial charge on any atom is -0.313 e. The van der Waals surface area contributed by atoms with E-state index in [0.29, 0.717) is 6.54 Å². The van der Waals surface area contributed by atoms with Gasteiger partial charge in [-0.1, -0.05) is 54.2 Å². The summed E-state index contributed by atoms with van der Waals surface area (Å²) in [6.07, 6.45) is 1.10. The Balaban J connectivity index is 1.95. The number of Topliss-reactive ketones (excluding diaryl/α,β-unsaturated/α-hetero) is 1. The Morgan fingerprint density at radius 2 is 1.96 bits per heavy atom. The molecule has 1 heterocycles. The zero-order valence-electron chi connectivity index (χ0n) is 14.2. The van der Waals surface area contributed by atoms with Crippen LogP contribution in [-0.4, -0.2) is 29.8 Å². The maximum atomic E-state index is 12.8. The predicted molar refractivity (Wildman–Crippen MR) is 103 cm³/mol. The number of anilines is 1. The first-order valence-corrected chi connectivity index (χ1v) is 9.24. The molecule has 1 aliphatic heterocycles. The monoisotopic (exact) mass is 338 g/mol. The second-order valence-electron chi connectivity index (χ2n) is 6.03. The number of carbonyl (C=O) groups excluding carboxylic acids is 1. The maximum Gasteiger partial charge on any atom is 0.182 e. The molecule has 0 radical (unpaired) electrons. The van der Waals surface area contributed by atoms with E-state index in [1.807, 2.05) is 30.3 Å². The van der Waals surface area contributed by atoms with Crippen molar-refractivity contribution in [2.45, 2.75) is 20.3 Å². The van der Waals surface area contributed by atoms with Crippen molar-refractivity contribution >= 4 is 28.4 Å². The summed E-state index contributed by atoms with van der Waals surface area (Å²) in [5.41, 5.74) is 4.17. The first-order chi connectivity index (χ1) is 11.6. The Kier molecular flexibility index (Phi) is 5.36. The van der Waals surface area contributed by atoms with E-state index in [4.69, 9.17) is 0 Å². The fourth-order valence-corrected chi connectivity index (χ4v) is 3.69. The molecule has 0 atom stereocenters. The molecule has 0 N–H and O–H groups in total. The molecule has 4 heteroatoms. The normalized spacial score (nSPS) is 14.2. The van der Waals surface area contributed by atoms with Gasteiger partial charge in [0.15, 0.2) is 11.0 Å². The van der Waals surface area contributed by atoms with Crippen LogP contribution >= 0.6 is 11.8 Å². The Morgan fingerprint density at radius 1 is 1.17 bits per heavy atom. The number of thioether (sulfide) groups is 1. The summed E-state index contributed by atoms with van der Waals surface area (Å²) in [6, 6.07) is 15.8. The minimum absolute atomic E-state index is 0.116. The molecule has 2 aromatic carbocycles. The summed E-state index contributed by atoms with van der Waals surface area (Å²) in [7, 11) is 0. The van der Waals surface area contributed by atoms with E-state index in [0.717, 1.165) is 40.7 Å². The highest BCUT2D eigenvalue weighted by Crippen LogP contribution is 2.27. The molecule has 1 aliphatic rings. The van der Waals surface area contributed by atoms with Gasteiger partial charge in [0.2, 0.25) is 0 Å². The van der Waals surface area contributed by atoms with Gasteiger partial charge in [0.1, 0.15) is 0 Å². The molecule has 0 saturated heterocycles. The number of amidine groups is 1. The van der Waals surface area contributed by atoms with Crippen LogP contribution in [0.4, 0.5) is 5.69 Å². The Morgan fingerprint density at radius 3 is 2.67 bits per heavy atom. The van der Waals surface area contributed by atoms with Crippen LogP contribution in [0, 0.1) is 13.8 Å². The molecular weight excluding hydrogens is 316 g/mol. The summed E-state index contributed by atoms with van der Waals surface area (Å²) in [5, 5.41) is 0.958. The van der Waals surface area contributed by atoms with E-state index in [1.165, 1.54) is 5.56 Å². The molecule has 0 saturated carbocycles. The lowest BCUT2D eigenvalue weighted by atomic mass is 10.1. The van der Waals surface area contributed by atoms with E-state index in [9.17, 15) is 4.79 Å². The lowest BCUT2D eigenvalue weighted by Gasteiger charge is -2.28. The van der Waals surface area contributed by atoms with Gasteiger partial charge in [0.05, 0.1) is 6.54 Å². The van der Waals surface area contributed by atoms with E-state index >= 15 is 0 Å². The number of benzene rings is 2. The van der Waals surface area contributed by atoms with Crippen molar-refractivity contribution < 1.29 is 4.79 Å². The van der Waals surface area contributed by atoms with Gasteiger partial charge in [-0.25, -0.2) is 0 Å². The highest BCUT2D eigenvalue weighted by molar-refractivity contribution is 8.14. The molecule has 3 nitrogen and oxygen atoms in total. The molecule has 0 fully saturated rings. The van der Waals surface area contributed by atoms with Gasteiger partial charge in [0.25, 0.3) is 0 Å². The highest BCUT2D eigenvalue weighted by Gasteiger charge is 2.21. The third-order valence-electron chi connectivity index (χ3n) is 4.06. The first kappa shape index (κ1) is 16.8. The summed E-state index contributed by atoms with van der Waals surface area (Å²) in [6.45, 7) is 5.32. The predicted octanol–water partition coefficient (Wildman–Crippen LogP) is 4.49. The zero-order valence-corrected chi connectivity index (χ0v) is 15.0. The van der Waals surface area contributed by atoms with Crippen molar-refractivity contribution in [3.8, 4) is 0 Å². The fraction of sp³-hybridized carbons (Fsp3) is 0.300. The number of nitrogens with zero attached hydrogens (tertiary/aromatic N) is 2. The number of hydrogen-bond acceptors (Lipinski definition) is 4. The number of hydrogen-bond donors (Lipinski definition) is 0. The molecule has 0 amide bonds. The van der Waals surface area contributed by atoms with Crippen LogP contribution in [0.15, 0.2) is 53.5 Å². The lowest BCUT2D eigenvalue weighted by Crippen LogP contribution is -2.36. The molecule has 24 heavy (non-hydrogen) atoms. The Bertz CT molecular complexity index is 755. The third kappa shape index (κ3) is 3.88. The van der Waals surface area contributed by atoms with Gasteiger partial charge >= 0.3 is 0 Å². The number of ketones is 1. The number of aryl methyl sites for hydroxylation is 2. The van der Waals surface area contributed by atoms with Crippen LogP contribution in [0.2, 0.25) is 0 Å². The van der Waals surface area contributed by atoms with Crippen molar-refractivity contribution in [2.24, 2.45) is 4.99 Å². The second kappa shape index (κ2) is 7.67. The second-order valence-corrected chi connectivity index (χ2v) is 7.09. The maximum absolute atomic E-state index is 12.8. The Labute approximate surface area is 147 Å². The molecular formula is C20H22N2OS. The first-order valence-electron chi connectivity index (χ1n) is 8.25. The standard InChI is InChI=1S/C20H22N2OS/c1-15-9-10-16(2)18(13-15)22(20-21-11-6-12-24-20)14-19(23)17-7-4-3-5-8-17/h3-5,7-10,13H,6,11-12,14H2,1-2H3. The smallest absolute Gasteiger partial charge is 0.182 e. The number of aliphatic imine (C=N–C) groups is 1. The molecule has 3 rings (SSSR count). The fourth-order valence-electron chi connectivity index (χ4n) is 2.74. The van der Waals surface area contributed by atoms with Crippen molar-refractivity contribution in [2.75, 3.05) is 23.7 Å². The lowest BCUT2D eigenvalue weighted by molar-refractivity contribution is 0.100. The molecule has 2 aromatic rings. The van der Waals surface area contributed by atoms with Crippen LogP contribution < -0.4 is 4.90 Å². The molecule has 0 aliphatic carbocycles. The van der Waals surface area contributed by atoms with Crippen molar-refractivity contribution in [1.82, 2.24) is 0 Å². The van der Waals surface area contributed by atoms with Crippen LogP contribution in [0.5, 0.6) is 0 Å². The van der Waals surface area contributed by atoms with E-state index in [1.54, 1.807) is 11.8 Å². The van der Waals surface area contributed by atoms with Gasteiger partial charge < -0.3 is 4.90 Å². The molecule has 0 unspecified atom stereocenters. The summed E-state index contributed by atoms with van der Waals surface area (Å²) < 4.78 is 0.